The normalized spacial score (nSPS) is 13.0. The summed E-state index contributed by atoms with van der Waals surface area (Å²) in [6.45, 7) is 9.43. The lowest BCUT2D eigenvalue weighted by molar-refractivity contribution is -0.727. The Bertz CT molecular complexity index is 738. The number of aromatic nitrogens is 2. The SMILES string of the molecule is CCCCCCCCCCCCCCCCC(CCCCCCCCCCC)c1[nH]cc[n+]1C(C)CCCCCCCCCCCCC. The monoisotopic (exact) mass is 672 g/mol. The summed E-state index contributed by atoms with van der Waals surface area (Å²) in [4.78, 5) is 3.77. The third kappa shape index (κ3) is 27.0. The maximum Gasteiger partial charge on any atom is 0.257 e. The van der Waals surface area contributed by atoms with Crippen LogP contribution in [0.3, 0.4) is 0 Å². The van der Waals surface area contributed by atoms with Crippen LogP contribution >= 0.6 is 0 Å². The fraction of sp³-hybridized carbons (Fsp3) is 0.935. The van der Waals surface area contributed by atoms with Crippen LogP contribution in [0.15, 0.2) is 12.4 Å². The Balaban J connectivity index is 2.37. The second-order valence-electron chi connectivity index (χ2n) is 16.1. The van der Waals surface area contributed by atoms with Crippen LogP contribution in [0.5, 0.6) is 0 Å². The number of aromatic amines is 1. The molecule has 0 spiro atoms. The summed E-state index contributed by atoms with van der Waals surface area (Å²) in [5, 5.41) is 0. The molecule has 0 amide bonds. The Morgan fingerprint density at radius 3 is 0.979 bits per heavy atom. The first-order valence-electron chi connectivity index (χ1n) is 22.8. The van der Waals surface area contributed by atoms with Gasteiger partial charge in [-0.15, -0.1) is 0 Å². The van der Waals surface area contributed by atoms with Crippen molar-refractivity contribution in [3.63, 3.8) is 0 Å². The van der Waals surface area contributed by atoms with Crippen molar-refractivity contribution in [2.24, 2.45) is 0 Å². The van der Waals surface area contributed by atoms with Crippen molar-refractivity contribution >= 4 is 0 Å². The summed E-state index contributed by atoms with van der Waals surface area (Å²) >= 11 is 0. The van der Waals surface area contributed by atoms with E-state index in [1.807, 2.05) is 0 Å². The highest BCUT2D eigenvalue weighted by atomic mass is 15.1. The molecule has 0 aliphatic heterocycles. The van der Waals surface area contributed by atoms with Gasteiger partial charge in [-0.25, -0.2) is 9.55 Å². The van der Waals surface area contributed by atoms with Gasteiger partial charge in [-0.1, -0.05) is 233 Å². The van der Waals surface area contributed by atoms with Crippen molar-refractivity contribution < 1.29 is 4.57 Å². The van der Waals surface area contributed by atoms with Crippen LogP contribution in [0.1, 0.15) is 283 Å². The number of hydrogen-bond acceptors (Lipinski definition) is 0. The molecule has 0 fully saturated rings. The number of H-pyrrole nitrogens is 1. The van der Waals surface area contributed by atoms with Crippen LogP contribution in [0.2, 0.25) is 0 Å². The van der Waals surface area contributed by atoms with Gasteiger partial charge in [0.05, 0.1) is 12.0 Å². The van der Waals surface area contributed by atoms with E-state index in [-0.39, 0.29) is 0 Å². The Morgan fingerprint density at radius 1 is 0.396 bits per heavy atom. The summed E-state index contributed by atoms with van der Waals surface area (Å²) in [5.74, 6) is 2.25. The minimum absolute atomic E-state index is 0.617. The zero-order valence-electron chi connectivity index (χ0n) is 33.9. The van der Waals surface area contributed by atoms with E-state index in [1.54, 1.807) is 5.82 Å². The molecule has 1 aromatic rings. The van der Waals surface area contributed by atoms with Crippen LogP contribution in [0.4, 0.5) is 0 Å². The molecular weight excluding hydrogens is 581 g/mol. The van der Waals surface area contributed by atoms with Gasteiger partial charge in [0.15, 0.2) is 0 Å². The molecule has 2 heteroatoms. The molecule has 0 saturated carbocycles. The molecule has 0 radical (unpaired) electrons. The van der Waals surface area contributed by atoms with Crippen LogP contribution in [0.25, 0.3) is 0 Å². The summed E-state index contributed by atoms with van der Waals surface area (Å²) in [6, 6.07) is 0.617. The number of rotatable bonds is 39. The molecule has 2 atom stereocenters. The first kappa shape index (κ1) is 45.2. The molecule has 0 aliphatic rings. The van der Waals surface area contributed by atoms with Gasteiger partial charge in [0.2, 0.25) is 0 Å². The highest BCUT2D eigenvalue weighted by Gasteiger charge is 2.25. The van der Waals surface area contributed by atoms with Crippen molar-refractivity contribution in [1.29, 1.82) is 0 Å². The minimum atomic E-state index is 0.617. The van der Waals surface area contributed by atoms with Crippen molar-refractivity contribution in [1.82, 2.24) is 4.98 Å². The molecule has 0 bridgehead atoms. The van der Waals surface area contributed by atoms with Gasteiger partial charge < -0.3 is 0 Å². The molecule has 284 valence electrons. The molecular formula is C46H91N2+. The highest BCUT2D eigenvalue weighted by molar-refractivity contribution is 4.90. The molecule has 0 aromatic carbocycles. The van der Waals surface area contributed by atoms with E-state index < -0.39 is 0 Å². The molecule has 1 aromatic heterocycles. The molecule has 1 heterocycles. The van der Waals surface area contributed by atoms with Crippen molar-refractivity contribution in [2.75, 3.05) is 0 Å². The number of nitrogens with one attached hydrogen (secondary N) is 1. The molecule has 2 nitrogen and oxygen atoms in total. The first-order chi connectivity index (χ1) is 23.7. The fourth-order valence-corrected chi connectivity index (χ4v) is 8.02. The highest BCUT2D eigenvalue weighted by Crippen LogP contribution is 2.27. The van der Waals surface area contributed by atoms with Gasteiger partial charge in [-0.2, -0.15) is 0 Å². The van der Waals surface area contributed by atoms with Gasteiger partial charge in [0.25, 0.3) is 5.82 Å². The number of hydrogen-bond donors (Lipinski definition) is 1. The smallest absolute Gasteiger partial charge is 0.247 e. The van der Waals surface area contributed by atoms with E-state index in [4.69, 9.17) is 0 Å². The van der Waals surface area contributed by atoms with E-state index in [0.717, 1.165) is 0 Å². The first-order valence-corrected chi connectivity index (χ1v) is 22.8. The summed E-state index contributed by atoms with van der Waals surface area (Å²) in [7, 11) is 0. The van der Waals surface area contributed by atoms with E-state index in [9.17, 15) is 0 Å². The van der Waals surface area contributed by atoms with E-state index in [2.05, 4.69) is 49.6 Å². The quantitative estimate of drug-likeness (QED) is 0.0531. The Hall–Kier alpha value is -0.790. The predicted octanol–water partition coefficient (Wildman–Crippen LogP) is 16.4. The fourth-order valence-electron chi connectivity index (χ4n) is 8.02. The lowest BCUT2D eigenvalue weighted by atomic mass is 9.92. The van der Waals surface area contributed by atoms with E-state index in [0.29, 0.717) is 12.0 Å². The Morgan fingerprint density at radius 2 is 0.667 bits per heavy atom. The average molecular weight is 672 g/mol. The zero-order chi connectivity index (χ0) is 34.6. The molecule has 2 unspecified atom stereocenters. The summed E-state index contributed by atoms with van der Waals surface area (Å²) in [6.07, 6.45) is 57.6. The van der Waals surface area contributed by atoms with Crippen molar-refractivity contribution in [3.05, 3.63) is 18.2 Å². The lowest BCUT2D eigenvalue weighted by Gasteiger charge is -2.17. The second-order valence-corrected chi connectivity index (χ2v) is 16.1. The summed E-state index contributed by atoms with van der Waals surface area (Å²) < 4.78 is 2.65. The largest absolute Gasteiger partial charge is 0.257 e. The molecule has 0 saturated heterocycles. The standard InChI is InChI=1S/C46H90N2/c1-5-8-11-14-17-20-22-23-24-26-29-32-35-38-41-45(40-37-34-31-27-19-16-13-10-7-3)46-47-42-43-48(46)44(4)39-36-33-30-28-25-21-18-15-12-9-6-2/h42-45H,5-41H2,1-4H3/p+1. The maximum absolute atomic E-state index is 3.77. The average Bonchev–Trinajstić information content (AvgIpc) is 3.59. The van der Waals surface area contributed by atoms with Crippen molar-refractivity contribution in [3.8, 4) is 0 Å². The number of imidazole rings is 1. The van der Waals surface area contributed by atoms with Gasteiger partial charge >= 0.3 is 0 Å². The van der Waals surface area contributed by atoms with Gasteiger partial charge in [-0.05, 0) is 32.6 Å². The van der Waals surface area contributed by atoms with E-state index in [1.165, 1.54) is 238 Å². The molecule has 48 heavy (non-hydrogen) atoms. The minimum Gasteiger partial charge on any atom is -0.247 e. The zero-order valence-corrected chi connectivity index (χ0v) is 33.9. The van der Waals surface area contributed by atoms with Crippen molar-refractivity contribution in [2.45, 2.75) is 277 Å². The van der Waals surface area contributed by atoms with Crippen LogP contribution in [-0.4, -0.2) is 4.98 Å². The summed E-state index contributed by atoms with van der Waals surface area (Å²) in [5.41, 5.74) is 0. The van der Waals surface area contributed by atoms with Crippen LogP contribution in [-0.2, 0) is 0 Å². The predicted molar refractivity (Wildman–Crippen MR) is 216 cm³/mol. The maximum atomic E-state index is 3.77. The van der Waals surface area contributed by atoms with Gasteiger partial charge in [0.1, 0.15) is 12.4 Å². The topological polar surface area (TPSA) is 19.7 Å². The van der Waals surface area contributed by atoms with Crippen LogP contribution in [0, 0.1) is 0 Å². The third-order valence-electron chi connectivity index (χ3n) is 11.4. The number of unbranched alkanes of at least 4 members (excludes halogenated alkanes) is 31. The Kier molecular flexibility index (Phi) is 33.9. The molecule has 1 N–H and O–H groups in total. The molecule has 1 rings (SSSR count). The Labute approximate surface area is 304 Å². The van der Waals surface area contributed by atoms with E-state index >= 15 is 0 Å². The lowest BCUT2D eigenvalue weighted by Crippen LogP contribution is -2.41. The molecule has 0 aliphatic carbocycles. The van der Waals surface area contributed by atoms with Crippen LogP contribution < -0.4 is 4.57 Å². The second kappa shape index (κ2) is 36.0. The van der Waals surface area contributed by atoms with Gasteiger partial charge in [-0.3, -0.25) is 0 Å². The third-order valence-corrected chi connectivity index (χ3v) is 11.4. The van der Waals surface area contributed by atoms with Gasteiger partial charge in [0, 0.05) is 0 Å². The number of nitrogens with zero attached hydrogens (tertiary/aromatic N) is 1.